The summed E-state index contributed by atoms with van der Waals surface area (Å²) in [5, 5.41) is 10.6. The predicted molar refractivity (Wildman–Crippen MR) is 62.0 cm³/mol. The molecule has 0 atom stereocenters. The van der Waals surface area contributed by atoms with Crippen LogP contribution in [0, 0.1) is 17.0 Å². The lowest BCUT2D eigenvalue weighted by Crippen LogP contribution is -1.96. The maximum absolute atomic E-state index is 10.6. The van der Waals surface area contributed by atoms with Crippen molar-refractivity contribution in [1.82, 2.24) is 0 Å². The zero-order valence-corrected chi connectivity index (χ0v) is 8.99. The van der Waals surface area contributed by atoms with Crippen molar-refractivity contribution in [3.05, 3.63) is 39.4 Å². The summed E-state index contributed by atoms with van der Waals surface area (Å²) in [5.74, 6) is 0.348. The van der Waals surface area contributed by atoms with Crippen LogP contribution in [0.25, 0.3) is 6.08 Å². The minimum absolute atomic E-state index is 0.0379. The first-order valence-corrected chi connectivity index (χ1v) is 4.86. The number of alkyl halides is 1. The minimum Gasteiger partial charge on any atom is -0.398 e. The van der Waals surface area contributed by atoms with Crippen LogP contribution >= 0.6 is 11.6 Å². The number of nitrogen functional groups attached to an aromatic ring is 1. The normalized spacial score (nSPS) is 10.8. The molecule has 0 radical (unpaired) electrons. The highest BCUT2D eigenvalue weighted by Crippen LogP contribution is 2.25. The van der Waals surface area contributed by atoms with Gasteiger partial charge in [0.05, 0.1) is 4.92 Å². The Bertz CT molecular complexity index is 416. The van der Waals surface area contributed by atoms with Crippen molar-refractivity contribution in [3.8, 4) is 0 Å². The van der Waals surface area contributed by atoms with Crippen LogP contribution in [0.1, 0.15) is 11.1 Å². The van der Waals surface area contributed by atoms with E-state index in [0.717, 1.165) is 0 Å². The highest BCUT2D eigenvalue weighted by atomic mass is 35.5. The summed E-state index contributed by atoms with van der Waals surface area (Å²) in [7, 11) is 0. The van der Waals surface area contributed by atoms with Crippen molar-refractivity contribution < 1.29 is 4.92 Å². The third kappa shape index (κ3) is 2.70. The third-order valence-corrected chi connectivity index (χ3v) is 2.18. The average Bonchev–Trinajstić information content (AvgIpc) is 2.19. The first-order valence-electron chi connectivity index (χ1n) is 4.33. The van der Waals surface area contributed by atoms with Crippen LogP contribution in [0.2, 0.25) is 0 Å². The minimum atomic E-state index is -0.440. The molecule has 2 N–H and O–H groups in total. The number of aryl methyl sites for hydroxylation is 1. The number of anilines is 1. The zero-order valence-electron chi connectivity index (χ0n) is 8.24. The van der Waals surface area contributed by atoms with Crippen molar-refractivity contribution in [3.63, 3.8) is 0 Å². The van der Waals surface area contributed by atoms with E-state index in [-0.39, 0.29) is 5.69 Å². The van der Waals surface area contributed by atoms with Gasteiger partial charge in [-0.3, -0.25) is 10.1 Å². The van der Waals surface area contributed by atoms with Crippen LogP contribution in [0.5, 0.6) is 0 Å². The molecule has 0 bridgehead atoms. The van der Waals surface area contributed by atoms with Gasteiger partial charge in [0.15, 0.2) is 0 Å². The molecule has 0 heterocycles. The summed E-state index contributed by atoms with van der Waals surface area (Å²) in [6.07, 6.45) is 3.37. The van der Waals surface area contributed by atoms with Crippen molar-refractivity contribution >= 4 is 29.1 Å². The first kappa shape index (κ1) is 11.5. The Morgan fingerprint density at radius 2 is 2.27 bits per heavy atom. The van der Waals surface area contributed by atoms with E-state index in [4.69, 9.17) is 17.3 Å². The lowest BCUT2D eigenvalue weighted by Gasteiger charge is -2.04. The van der Waals surface area contributed by atoms with Gasteiger partial charge < -0.3 is 5.73 Å². The molecule has 0 amide bonds. The number of hydrogen-bond acceptors (Lipinski definition) is 3. The standard InChI is InChI=1S/C10H11ClN2O2/c1-7-5-9(13(14)15)6-8(10(7)12)3-2-4-11/h2-3,5-6H,4,12H2,1H3. The Hall–Kier alpha value is -1.55. The van der Waals surface area contributed by atoms with Crippen LogP contribution in [0.4, 0.5) is 11.4 Å². The molecule has 0 aliphatic rings. The van der Waals surface area contributed by atoms with Gasteiger partial charge >= 0.3 is 0 Å². The SMILES string of the molecule is Cc1cc([N+](=O)[O-])cc(C=CCCl)c1N. The number of benzene rings is 1. The van der Waals surface area contributed by atoms with E-state index in [2.05, 4.69) is 0 Å². The van der Waals surface area contributed by atoms with E-state index in [0.29, 0.717) is 22.7 Å². The summed E-state index contributed by atoms with van der Waals surface area (Å²) in [4.78, 5) is 10.2. The Morgan fingerprint density at radius 1 is 1.60 bits per heavy atom. The number of nitro groups is 1. The number of halogens is 1. The molecule has 0 saturated carbocycles. The fourth-order valence-corrected chi connectivity index (χ4v) is 1.31. The van der Waals surface area contributed by atoms with Gasteiger partial charge in [-0.1, -0.05) is 12.2 Å². The lowest BCUT2D eigenvalue weighted by atomic mass is 10.1. The van der Waals surface area contributed by atoms with Crippen molar-refractivity contribution in [2.75, 3.05) is 11.6 Å². The van der Waals surface area contributed by atoms with Gasteiger partial charge in [0.1, 0.15) is 0 Å². The summed E-state index contributed by atoms with van der Waals surface area (Å²) in [6.45, 7) is 1.74. The highest BCUT2D eigenvalue weighted by Gasteiger charge is 2.10. The van der Waals surface area contributed by atoms with E-state index >= 15 is 0 Å². The number of hydrogen-bond donors (Lipinski definition) is 1. The molecule has 0 saturated heterocycles. The Labute approximate surface area is 92.5 Å². The van der Waals surface area contributed by atoms with E-state index in [9.17, 15) is 10.1 Å². The maximum atomic E-state index is 10.6. The van der Waals surface area contributed by atoms with Gasteiger partial charge in [-0.05, 0) is 12.5 Å². The monoisotopic (exact) mass is 226 g/mol. The van der Waals surface area contributed by atoms with Gasteiger partial charge in [-0.15, -0.1) is 11.6 Å². The average molecular weight is 227 g/mol. The van der Waals surface area contributed by atoms with Crippen LogP contribution < -0.4 is 5.73 Å². The molecule has 15 heavy (non-hydrogen) atoms. The Morgan fingerprint density at radius 3 is 2.80 bits per heavy atom. The molecule has 80 valence electrons. The van der Waals surface area contributed by atoms with Crippen LogP contribution in [0.15, 0.2) is 18.2 Å². The number of non-ortho nitro benzene ring substituents is 1. The van der Waals surface area contributed by atoms with E-state index < -0.39 is 4.92 Å². The fourth-order valence-electron chi connectivity index (χ4n) is 1.22. The highest BCUT2D eigenvalue weighted by molar-refractivity contribution is 6.19. The molecular formula is C10H11ClN2O2. The number of allylic oxidation sites excluding steroid dienone is 1. The van der Waals surface area contributed by atoms with Crippen molar-refractivity contribution in [1.29, 1.82) is 0 Å². The number of nitrogens with zero attached hydrogens (tertiary/aromatic N) is 1. The van der Waals surface area contributed by atoms with E-state index in [1.54, 1.807) is 19.1 Å². The topological polar surface area (TPSA) is 69.2 Å². The molecule has 0 aliphatic heterocycles. The van der Waals surface area contributed by atoms with Gasteiger partial charge in [-0.2, -0.15) is 0 Å². The molecule has 4 nitrogen and oxygen atoms in total. The van der Waals surface area contributed by atoms with E-state index in [1.807, 2.05) is 0 Å². The molecule has 0 spiro atoms. The quantitative estimate of drug-likeness (QED) is 0.373. The molecule has 1 aromatic carbocycles. The Kier molecular flexibility index (Phi) is 3.68. The molecule has 5 heteroatoms. The molecular weight excluding hydrogens is 216 g/mol. The number of nitro benzene ring substituents is 1. The lowest BCUT2D eigenvalue weighted by molar-refractivity contribution is -0.384. The smallest absolute Gasteiger partial charge is 0.270 e. The van der Waals surface area contributed by atoms with Gasteiger partial charge in [0.2, 0.25) is 0 Å². The molecule has 0 unspecified atom stereocenters. The summed E-state index contributed by atoms with van der Waals surface area (Å²) < 4.78 is 0. The largest absolute Gasteiger partial charge is 0.398 e. The Balaban J connectivity index is 3.24. The zero-order chi connectivity index (χ0) is 11.4. The van der Waals surface area contributed by atoms with Gasteiger partial charge in [-0.25, -0.2) is 0 Å². The number of nitrogens with two attached hydrogens (primary N) is 1. The van der Waals surface area contributed by atoms with E-state index in [1.165, 1.54) is 12.1 Å². The van der Waals surface area contributed by atoms with Crippen molar-refractivity contribution in [2.45, 2.75) is 6.92 Å². The van der Waals surface area contributed by atoms with Gasteiger partial charge in [0.25, 0.3) is 5.69 Å². The molecule has 1 aromatic rings. The molecule has 0 aliphatic carbocycles. The number of rotatable bonds is 3. The summed E-state index contributed by atoms with van der Waals surface area (Å²) >= 11 is 5.48. The first-order chi connectivity index (χ1) is 7.06. The third-order valence-electron chi connectivity index (χ3n) is 2.00. The molecule has 0 fully saturated rings. The molecule has 1 rings (SSSR count). The predicted octanol–water partition coefficient (Wildman–Crippen LogP) is 2.74. The van der Waals surface area contributed by atoms with Crippen LogP contribution in [0.3, 0.4) is 0 Å². The summed E-state index contributed by atoms with van der Waals surface area (Å²) in [5.41, 5.74) is 7.68. The van der Waals surface area contributed by atoms with Crippen LogP contribution in [-0.4, -0.2) is 10.8 Å². The summed E-state index contributed by atoms with van der Waals surface area (Å²) in [6, 6.07) is 2.89. The second kappa shape index (κ2) is 4.79. The fraction of sp³-hybridized carbons (Fsp3) is 0.200. The van der Waals surface area contributed by atoms with Crippen molar-refractivity contribution in [2.24, 2.45) is 0 Å². The maximum Gasteiger partial charge on any atom is 0.270 e. The van der Waals surface area contributed by atoms with Gasteiger partial charge in [0, 0.05) is 29.3 Å². The second-order valence-corrected chi connectivity index (χ2v) is 3.39. The van der Waals surface area contributed by atoms with Crippen LogP contribution in [-0.2, 0) is 0 Å². The molecule has 0 aromatic heterocycles. The second-order valence-electron chi connectivity index (χ2n) is 3.08.